The van der Waals surface area contributed by atoms with Crippen molar-refractivity contribution in [1.29, 1.82) is 0 Å². The fourth-order valence-electron chi connectivity index (χ4n) is 2.78. The normalized spacial score (nSPS) is 22.1. The second-order valence-corrected chi connectivity index (χ2v) is 4.95. The zero-order valence-electron chi connectivity index (χ0n) is 10.9. The molecule has 19 heavy (non-hydrogen) atoms. The average molecular weight is 265 g/mol. The van der Waals surface area contributed by atoms with Crippen molar-refractivity contribution in [3.05, 3.63) is 35.6 Å². The number of likely N-dealkylation sites (tertiary alicyclic amines) is 1. The number of hydrogen-bond acceptors (Lipinski definition) is 3. The van der Waals surface area contributed by atoms with Crippen LogP contribution in [-0.4, -0.2) is 29.9 Å². The summed E-state index contributed by atoms with van der Waals surface area (Å²) < 4.78 is 13.0. The van der Waals surface area contributed by atoms with Crippen LogP contribution in [0.4, 0.5) is 4.39 Å². The van der Waals surface area contributed by atoms with Crippen molar-refractivity contribution in [2.45, 2.75) is 31.3 Å². The monoisotopic (exact) mass is 265 g/mol. The van der Waals surface area contributed by atoms with Gasteiger partial charge in [0.25, 0.3) is 0 Å². The smallest absolute Gasteiger partial charge is 0.234 e. The first-order valence-corrected chi connectivity index (χ1v) is 6.64. The molecule has 2 rings (SSSR count). The summed E-state index contributed by atoms with van der Waals surface area (Å²) in [5.41, 5.74) is 12.2. The SMILES string of the molecule is NCC(c1ccc(F)cc1)N1CCCCC1C(N)=O. The van der Waals surface area contributed by atoms with Gasteiger partial charge in [0.1, 0.15) is 5.82 Å². The molecule has 2 unspecified atom stereocenters. The van der Waals surface area contributed by atoms with Crippen molar-refractivity contribution in [3.63, 3.8) is 0 Å². The first-order chi connectivity index (χ1) is 9.13. The molecule has 0 aromatic heterocycles. The molecule has 1 aliphatic rings. The number of hydrogen-bond donors (Lipinski definition) is 2. The predicted molar refractivity (Wildman–Crippen MR) is 71.7 cm³/mol. The van der Waals surface area contributed by atoms with Crippen LogP contribution in [0.1, 0.15) is 30.9 Å². The summed E-state index contributed by atoms with van der Waals surface area (Å²) in [5, 5.41) is 0. The van der Waals surface area contributed by atoms with E-state index in [1.165, 1.54) is 12.1 Å². The van der Waals surface area contributed by atoms with E-state index in [4.69, 9.17) is 11.5 Å². The van der Waals surface area contributed by atoms with E-state index < -0.39 is 0 Å². The quantitative estimate of drug-likeness (QED) is 0.858. The molecule has 104 valence electrons. The number of nitrogens with two attached hydrogens (primary N) is 2. The Bertz CT molecular complexity index is 435. The van der Waals surface area contributed by atoms with Gasteiger partial charge in [-0.25, -0.2) is 4.39 Å². The zero-order chi connectivity index (χ0) is 13.8. The second kappa shape index (κ2) is 6.12. The minimum absolute atomic E-state index is 0.0848. The van der Waals surface area contributed by atoms with Crippen LogP contribution in [0.2, 0.25) is 0 Å². The fraction of sp³-hybridized carbons (Fsp3) is 0.500. The number of primary amides is 1. The number of piperidine rings is 1. The third kappa shape index (κ3) is 3.11. The molecule has 0 aliphatic carbocycles. The molecule has 1 aliphatic heterocycles. The van der Waals surface area contributed by atoms with E-state index in [0.29, 0.717) is 6.54 Å². The van der Waals surface area contributed by atoms with Gasteiger partial charge in [0.05, 0.1) is 6.04 Å². The van der Waals surface area contributed by atoms with E-state index >= 15 is 0 Å². The van der Waals surface area contributed by atoms with Crippen LogP contribution >= 0.6 is 0 Å². The summed E-state index contributed by atoms with van der Waals surface area (Å²) in [7, 11) is 0. The molecule has 1 heterocycles. The molecule has 1 aromatic rings. The average Bonchev–Trinajstić information content (AvgIpc) is 2.42. The fourth-order valence-corrected chi connectivity index (χ4v) is 2.78. The van der Waals surface area contributed by atoms with Gasteiger partial charge in [0.15, 0.2) is 0 Å². The Hall–Kier alpha value is -1.46. The molecule has 4 N–H and O–H groups in total. The number of carbonyl (C=O) groups excluding carboxylic acids is 1. The Morgan fingerprint density at radius 3 is 2.63 bits per heavy atom. The minimum Gasteiger partial charge on any atom is -0.368 e. The first-order valence-electron chi connectivity index (χ1n) is 6.64. The summed E-state index contributed by atoms with van der Waals surface area (Å²) in [6, 6.07) is 5.92. The van der Waals surface area contributed by atoms with Gasteiger partial charge in [-0.3, -0.25) is 9.69 Å². The summed E-state index contributed by atoms with van der Waals surface area (Å²) in [6.07, 6.45) is 2.80. The lowest BCUT2D eigenvalue weighted by Crippen LogP contribution is -2.50. The maximum Gasteiger partial charge on any atom is 0.234 e. The Balaban J connectivity index is 2.24. The lowest BCUT2D eigenvalue weighted by Gasteiger charge is -2.39. The standard InChI is InChI=1S/C14H20FN3O/c15-11-6-4-10(5-7-11)13(9-16)18-8-2-1-3-12(18)14(17)19/h4-7,12-13H,1-3,8-9,16H2,(H2,17,19). The molecule has 0 bridgehead atoms. The molecule has 1 fully saturated rings. The Labute approximate surface area is 112 Å². The van der Waals surface area contributed by atoms with Crippen LogP contribution in [-0.2, 0) is 4.79 Å². The van der Waals surface area contributed by atoms with Crippen molar-refractivity contribution < 1.29 is 9.18 Å². The molecule has 0 radical (unpaired) electrons. The minimum atomic E-state index is -0.305. The topological polar surface area (TPSA) is 72.3 Å². The third-order valence-electron chi connectivity index (χ3n) is 3.75. The van der Waals surface area contributed by atoms with Crippen LogP contribution in [0.3, 0.4) is 0 Å². The number of halogens is 1. The summed E-state index contributed by atoms with van der Waals surface area (Å²) in [6.45, 7) is 1.18. The largest absolute Gasteiger partial charge is 0.368 e. The lowest BCUT2D eigenvalue weighted by molar-refractivity contribution is -0.125. The highest BCUT2D eigenvalue weighted by atomic mass is 19.1. The van der Waals surface area contributed by atoms with Crippen LogP contribution < -0.4 is 11.5 Å². The van der Waals surface area contributed by atoms with Crippen LogP contribution in [0.15, 0.2) is 24.3 Å². The molecular formula is C14H20FN3O. The van der Waals surface area contributed by atoms with Gasteiger partial charge in [-0.05, 0) is 37.1 Å². The number of amides is 1. The van der Waals surface area contributed by atoms with E-state index in [1.807, 2.05) is 0 Å². The number of carbonyl (C=O) groups is 1. The van der Waals surface area contributed by atoms with E-state index in [9.17, 15) is 9.18 Å². The molecule has 1 aromatic carbocycles. The third-order valence-corrected chi connectivity index (χ3v) is 3.75. The molecule has 4 nitrogen and oxygen atoms in total. The molecular weight excluding hydrogens is 245 g/mol. The maximum absolute atomic E-state index is 13.0. The van der Waals surface area contributed by atoms with Gasteiger partial charge in [0, 0.05) is 12.6 Å². The Morgan fingerprint density at radius 2 is 2.05 bits per heavy atom. The number of benzene rings is 1. The van der Waals surface area contributed by atoms with Crippen LogP contribution in [0.25, 0.3) is 0 Å². The van der Waals surface area contributed by atoms with Crippen LogP contribution in [0.5, 0.6) is 0 Å². The molecule has 0 spiro atoms. The van der Waals surface area contributed by atoms with Gasteiger partial charge in [-0.1, -0.05) is 18.6 Å². The molecule has 2 atom stereocenters. The molecule has 1 saturated heterocycles. The van der Waals surface area contributed by atoms with E-state index in [1.54, 1.807) is 12.1 Å². The first kappa shape index (κ1) is 14.0. The predicted octanol–water partition coefficient (Wildman–Crippen LogP) is 1.17. The van der Waals surface area contributed by atoms with Crippen molar-refractivity contribution in [3.8, 4) is 0 Å². The highest BCUT2D eigenvalue weighted by molar-refractivity contribution is 5.80. The van der Waals surface area contributed by atoms with E-state index in [-0.39, 0.29) is 23.8 Å². The highest BCUT2D eigenvalue weighted by Crippen LogP contribution is 2.28. The molecule has 1 amide bonds. The Kier molecular flexibility index (Phi) is 4.50. The summed E-state index contributed by atoms with van der Waals surface area (Å²) in [5.74, 6) is -0.579. The van der Waals surface area contributed by atoms with Gasteiger partial charge in [-0.2, -0.15) is 0 Å². The molecule has 5 heteroatoms. The number of rotatable bonds is 4. The van der Waals surface area contributed by atoms with Crippen molar-refractivity contribution >= 4 is 5.91 Å². The second-order valence-electron chi connectivity index (χ2n) is 4.95. The van der Waals surface area contributed by atoms with E-state index in [0.717, 1.165) is 31.4 Å². The van der Waals surface area contributed by atoms with Gasteiger partial charge in [0.2, 0.25) is 5.91 Å². The van der Waals surface area contributed by atoms with Crippen LogP contribution in [0, 0.1) is 5.82 Å². The molecule has 0 saturated carbocycles. The number of nitrogens with zero attached hydrogens (tertiary/aromatic N) is 1. The van der Waals surface area contributed by atoms with Gasteiger partial charge in [-0.15, -0.1) is 0 Å². The Morgan fingerprint density at radius 1 is 1.37 bits per heavy atom. The zero-order valence-corrected chi connectivity index (χ0v) is 10.9. The van der Waals surface area contributed by atoms with Crippen molar-refractivity contribution in [2.24, 2.45) is 11.5 Å². The van der Waals surface area contributed by atoms with E-state index in [2.05, 4.69) is 4.90 Å². The maximum atomic E-state index is 13.0. The van der Waals surface area contributed by atoms with Crippen molar-refractivity contribution in [2.75, 3.05) is 13.1 Å². The highest BCUT2D eigenvalue weighted by Gasteiger charge is 2.32. The van der Waals surface area contributed by atoms with Gasteiger partial charge >= 0.3 is 0 Å². The summed E-state index contributed by atoms with van der Waals surface area (Å²) >= 11 is 0. The van der Waals surface area contributed by atoms with Gasteiger partial charge < -0.3 is 11.5 Å². The lowest BCUT2D eigenvalue weighted by atomic mass is 9.96. The summed E-state index contributed by atoms with van der Waals surface area (Å²) in [4.78, 5) is 13.6. The van der Waals surface area contributed by atoms with Crippen molar-refractivity contribution in [1.82, 2.24) is 4.90 Å².